The van der Waals surface area contributed by atoms with Gasteiger partial charge in [-0.05, 0) is 108 Å². The molecule has 1 aromatic heterocycles. The molecule has 6 amide bonds. The molecule has 21 nitrogen and oxygen atoms in total. The summed E-state index contributed by atoms with van der Waals surface area (Å²) in [5, 5.41) is 26.2. The number of methoxy groups -OCH3 is 1. The molecule has 0 saturated carbocycles. The highest BCUT2D eigenvalue weighted by Crippen LogP contribution is 2.33. The second-order valence-electron chi connectivity index (χ2n) is 23.0. The summed E-state index contributed by atoms with van der Waals surface area (Å²) in [7, 11) is 5.10. The maximum Gasteiger partial charge on any atom is 0.306 e. The van der Waals surface area contributed by atoms with Gasteiger partial charge in [0.15, 0.2) is 11.9 Å². The number of aromatic nitrogens is 1. The van der Waals surface area contributed by atoms with Crippen molar-refractivity contribution in [2.24, 2.45) is 23.7 Å². The number of aryl methyl sites for hydroxylation is 1. The molecule has 0 aliphatic heterocycles. The number of benzene rings is 2. The molecule has 0 saturated heterocycles. The number of Topliss-reactive ketones (excluding diaryl/α,β-unsaturated/α-hetero) is 1. The zero-order chi connectivity index (χ0) is 63.6. The van der Waals surface area contributed by atoms with Crippen molar-refractivity contribution in [1.29, 1.82) is 0 Å². The minimum atomic E-state index is -1.03. The number of carbonyl (C=O) groups is 9. The van der Waals surface area contributed by atoms with E-state index in [4.69, 9.17) is 19.2 Å². The van der Waals surface area contributed by atoms with Gasteiger partial charge in [-0.15, -0.1) is 11.3 Å². The molecule has 6 N–H and O–H groups in total. The predicted octanol–water partition coefficient (Wildman–Crippen LogP) is 7.15. The number of nitrogens with zero attached hydrogens (tertiary/aromatic N) is 3. The Hall–Kier alpha value is -6.27. The fraction of sp³-hybridized carbons (Fsp3) is 0.613. The van der Waals surface area contributed by atoms with Gasteiger partial charge in [0.05, 0.1) is 36.5 Å². The quantitative estimate of drug-likeness (QED) is 0.0244. The maximum atomic E-state index is 15.5. The van der Waals surface area contributed by atoms with Crippen LogP contribution in [0.1, 0.15) is 146 Å². The van der Waals surface area contributed by atoms with Crippen molar-refractivity contribution >= 4 is 82.0 Å². The molecule has 2 aromatic carbocycles. The Balaban J connectivity index is 1.94. The Morgan fingerprint density at radius 1 is 0.835 bits per heavy atom. The number of carboxylic acid groups (broad SMARTS) is 1. The summed E-state index contributed by atoms with van der Waals surface area (Å²) in [6.07, 6.45) is 3.11. The third-order valence-corrected chi connectivity index (χ3v) is 16.6. The van der Waals surface area contributed by atoms with E-state index in [1.165, 1.54) is 18.7 Å². The molecule has 0 aliphatic carbocycles. The monoisotopic (exact) mass is 1220 g/mol. The molecule has 4 unspecified atom stereocenters. The molecule has 0 aliphatic rings. The van der Waals surface area contributed by atoms with E-state index in [-0.39, 0.29) is 85.1 Å². The number of nitrogens with one attached hydrogen (secondary N) is 5. The molecular formula is C62H94N8O13S2. The number of esters is 1. The highest BCUT2D eigenvalue weighted by molar-refractivity contribution is 7.99. The summed E-state index contributed by atoms with van der Waals surface area (Å²) in [6.45, 7) is 18.6. The van der Waals surface area contributed by atoms with Gasteiger partial charge >= 0.3 is 11.9 Å². The Bertz CT molecular complexity index is 2650. The van der Waals surface area contributed by atoms with E-state index in [0.717, 1.165) is 22.5 Å². The molecule has 23 heteroatoms. The number of hydrogen-bond acceptors (Lipinski definition) is 16. The number of hydrogen-bond donors (Lipinski definition) is 6. The van der Waals surface area contributed by atoms with Crippen LogP contribution in [-0.2, 0) is 65.5 Å². The highest BCUT2D eigenvalue weighted by Gasteiger charge is 2.40. The molecule has 3 aromatic rings. The molecule has 0 spiro atoms. The molecule has 472 valence electrons. The average Bonchev–Trinajstić information content (AvgIpc) is 4.19. The van der Waals surface area contributed by atoms with E-state index in [2.05, 4.69) is 26.6 Å². The topological polar surface area (TPSA) is 281 Å². The fourth-order valence-electron chi connectivity index (χ4n) is 9.08. The number of ketones is 1. The smallest absolute Gasteiger partial charge is 0.306 e. The van der Waals surface area contributed by atoms with Crippen LogP contribution in [0.3, 0.4) is 0 Å². The van der Waals surface area contributed by atoms with Crippen molar-refractivity contribution in [2.75, 3.05) is 64.9 Å². The van der Waals surface area contributed by atoms with Gasteiger partial charge in [-0.1, -0.05) is 89.9 Å². The van der Waals surface area contributed by atoms with Crippen LogP contribution in [0.5, 0.6) is 0 Å². The number of amides is 6. The Morgan fingerprint density at radius 2 is 1.49 bits per heavy atom. The maximum absolute atomic E-state index is 15.5. The number of thiazole rings is 1. The standard InChI is InChI=1S/C62H94N8O13S2/c1-15-40(5)55(68-61(80)62(9,10)69(11)12)59(77)70(50(38(2)3)33-52(83-43(8)71)58-67-49(36-85-58)57(76)65-47(30-42(7)60(78)79)32-44-21-19-39(4)20-22-44)34-45-23-25-46(26-24-45)64-56(75)41(6)31-51(72)48(66-54(74)37-84-14)18-16-17-27-63-53(73)35-82-29-28-81-13/h19-26,36,38,40-42,47-48,50,52,55H,15-18,27-35,37H2,1-14H3,(H,63,73)(H,64,75)(H,65,76)(H,66,74)(H,68,80)(H,78,79)/t40?,41?,42?,47-,48?,50-,52-,55+/m1/s1. The summed E-state index contributed by atoms with van der Waals surface area (Å²) in [5.74, 6) is -6.15. The first-order valence-corrected chi connectivity index (χ1v) is 31.4. The van der Waals surface area contributed by atoms with Crippen molar-refractivity contribution in [1.82, 2.24) is 36.1 Å². The van der Waals surface area contributed by atoms with Crippen molar-refractivity contribution in [3.63, 3.8) is 0 Å². The minimum absolute atomic E-state index is 0.0233. The lowest BCUT2D eigenvalue weighted by molar-refractivity contribution is -0.150. The summed E-state index contributed by atoms with van der Waals surface area (Å²) in [6, 6.07) is 11.7. The summed E-state index contributed by atoms with van der Waals surface area (Å²) < 4.78 is 16.2. The number of likely N-dealkylation sites (N-methyl/N-ethyl adjacent to an activating group) is 1. The third-order valence-electron chi connectivity index (χ3n) is 15.1. The molecule has 8 atom stereocenters. The van der Waals surface area contributed by atoms with E-state index in [9.17, 15) is 43.5 Å². The number of anilines is 1. The lowest BCUT2D eigenvalue weighted by Crippen LogP contribution is -2.60. The van der Waals surface area contributed by atoms with Gasteiger partial charge in [0, 0.05) is 69.0 Å². The van der Waals surface area contributed by atoms with E-state index in [0.29, 0.717) is 68.1 Å². The third kappa shape index (κ3) is 24.9. The molecule has 3 rings (SSSR count). The second-order valence-corrected chi connectivity index (χ2v) is 24.8. The van der Waals surface area contributed by atoms with Crippen molar-refractivity contribution in [3.05, 3.63) is 81.3 Å². The number of thioether (sulfide) groups is 1. The van der Waals surface area contributed by atoms with Crippen LogP contribution in [-0.4, -0.2) is 162 Å². The summed E-state index contributed by atoms with van der Waals surface area (Å²) in [5.41, 5.74) is 2.12. The number of carboxylic acids is 1. The number of carbonyl (C=O) groups excluding carboxylic acids is 8. The minimum Gasteiger partial charge on any atom is -0.481 e. The van der Waals surface area contributed by atoms with E-state index < -0.39 is 71.4 Å². The molecular weight excluding hydrogens is 1130 g/mol. The second kappa shape index (κ2) is 36.7. The summed E-state index contributed by atoms with van der Waals surface area (Å²) >= 11 is 2.43. The Morgan fingerprint density at radius 3 is 2.08 bits per heavy atom. The molecule has 0 fully saturated rings. The first-order valence-electron chi connectivity index (χ1n) is 29.2. The first-order chi connectivity index (χ1) is 40.1. The molecule has 85 heavy (non-hydrogen) atoms. The lowest BCUT2D eigenvalue weighted by Gasteiger charge is -2.40. The molecule has 1 heterocycles. The Labute approximate surface area is 511 Å². The van der Waals surface area contributed by atoms with Gasteiger partial charge in [0.2, 0.25) is 29.5 Å². The van der Waals surface area contributed by atoms with Gasteiger partial charge in [-0.3, -0.25) is 48.1 Å². The van der Waals surface area contributed by atoms with E-state index in [1.807, 2.05) is 58.9 Å². The first kappa shape index (κ1) is 73.0. The van der Waals surface area contributed by atoms with E-state index in [1.54, 1.807) is 94.6 Å². The summed E-state index contributed by atoms with van der Waals surface area (Å²) in [4.78, 5) is 129. The van der Waals surface area contributed by atoms with Crippen molar-refractivity contribution in [3.8, 4) is 0 Å². The highest BCUT2D eigenvalue weighted by atomic mass is 32.2. The predicted molar refractivity (Wildman–Crippen MR) is 331 cm³/mol. The van der Waals surface area contributed by atoms with Crippen LogP contribution in [0.4, 0.5) is 5.69 Å². The van der Waals surface area contributed by atoms with E-state index >= 15 is 4.79 Å². The molecule has 0 radical (unpaired) electrons. The van der Waals surface area contributed by atoms with Crippen LogP contribution in [0.25, 0.3) is 0 Å². The SMILES string of the molecule is CCC(C)[C@H](NC(=O)C(C)(C)N(C)C)C(=O)N(Cc1ccc(NC(=O)C(C)CC(=O)C(CCCCNC(=O)COCCOC)NC(=O)CSC)cc1)[C@H](C[C@@H](OC(C)=O)c1nc(C(=O)N[C@@H](Cc2ccc(C)cc2)CC(C)C(=O)O)cs1)C(C)C. The van der Waals surface area contributed by atoms with Gasteiger partial charge in [-0.2, -0.15) is 11.8 Å². The van der Waals surface area contributed by atoms with Gasteiger partial charge in [0.25, 0.3) is 5.91 Å². The van der Waals surface area contributed by atoms with Crippen LogP contribution in [0, 0.1) is 30.6 Å². The normalized spacial score (nSPS) is 14.4. The van der Waals surface area contributed by atoms with Gasteiger partial charge in [0.1, 0.15) is 23.4 Å². The van der Waals surface area contributed by atoms with Gasteiger partial charge < -0.3 is 50.8 Å². The number of aliphatic carboxylic acids is 1. The zero-order valence-corrected chi connectivity index (χ0v) is 53.9. The van der Waals surface area contributed by atoms with Crippen molar-refractivity contribution in [2.45, 2.75) is 163 Å². The van der Waals surface area contributed by atoms with Crippen molar-refractivity contribution < 1.29 is 62.5 Å². The van der Waals surface area contributed by atoms with Crippen LogP contribution in [0.2, 0.25) is 0 Å². The fourth-order valence-corrected chi connectivity index (χ4v) is 10.3. The largest absolute Gasteiger partial charge is 0.481 e. The van der Waals surface area contributed by atoms with Crippen LogP contribution >= 0.6 is 23.1 Å². The van der Waals surface area contributed by atoms with Crippen LogP contribution in [0.15, 0.2) is 53.9 Å². The Kier molecular flexibility index (Phi) is 31.5. The molecule has 0 bridgehead atoms. The van der Waals surface area contributed by atoms with Gasteiger partial charge in [-0.25, -0.2) is 4.98 Å². The lowest BCUT2D eigenvalue weighted by atomic mass is 9.91. The number of unbranched alkanes of at least 4 members (excludes halogenated alkanes) is 1. The van der Waals surface area contributed by atoms with Crippen LogP contribution < -0.4 is 26.6 Å². The number of rotatable bonds is 39. The average molecular weight is 1220 g/mol. The number of ether oxygens (including phenoxy) is 3. The zero-order valence-electron chi connectivity index (χ0n) is 52.3.